The number of aliphatic hydroxyl groups excluding tert-OH is 1. The predicted molar refractivity (Wildman–Crippen MR) is 166 cm³/mol. The molecular formula is C31H44ClN5O5. The van der Waals surface area contributed by atoms with Crippen molar-refractivity contribution in [2.45, 2.75) is 77.9 Å². The Morgan fingerprint density at radius 3 is 2.48 bits per heavy atom. The molecule has 2 aliphatic rings. The van der Waals surface area contributed by atoms with Crippen LogP contribution in [0.15, 0.2) is 42.5 Å². The molecule has 1 saturated heterocycles. The Bertz CT molecular complexity index is 1270. The van der Waals surface area contributed by atoms with Gasteiger partial charge in [-0.2, -0.15) is 5.01 Å². The first-order valence-electron chi connectivity index (χ1n) is 14.4. The minimum Gasteiger partial charge on any atom is -0.495 e. The normalized spacial score (nSPS) is 16.8. The summed E-state index contributed by atoms with van der Waals surface area (Å²) in [6.45, 7) is 8.12. The van der Waals surface area contributed by atoms with Crippen molar-refractivity contribution in [3.63, 3.8) is 0 Å². The van der Waals surface area contributed by atoms with Gasteiger partial charge in [0.1, 0.15) is 11.3 Å². The number of carbonyl (C=O) groups excluding carboxylic acids is 3. The van der Waals surface area contributed by atoms with Gasteiger partial charge in [0.25, 0.3) is 5.91 Å². The Morgan fingerprint density at radius 1 is 1.14 bits per heavy atom. The molecule has 1 aliphatic carbocycles. The number of hydrogen-bond acceptors (Lipinski definition) is 6. The Balaban J connectivity index is 0.00000484. The van der Waals surface area contributed by atoms with E-state index in [0.29, 0.717) is 30.1 Å². The second-order valence-corrected chi connectivity index (χ2v) is 11.6. The largest absolute Gasteiger partial charge is 0.495 e. The lowest BCUT2D eigenvalue weighted by Gasteiger charge is -2.35. The van der Waals surface area contributed by atoms with Crippen LogP contribution in [0.2, 0.25) is 0 Å². The van der Waals surface area contributed by atoms with Crippen molar-refractivity contribution >= 4 is 41.8 Å². The van der Waals surface area contributed by atoms with E-state index in [-0.39, 0.29) is 43.5 Å². The molecule has 2 aromatic carbocycles. The first kappa shape index (κ1) is 33.2. The maximum absolute atomic E-state index is 13.8. The van der Waals surface area contributed by atoms with E-state index in [1.54, 1.807) is 30.9 Å². The number of urea groups is 2. The highest BCUT2D eigenvalue weighted by molar-refractivity contribution is 6.06. The van der Waals surface area contributed by atoms with Gasteiger partial charge in [0.05, 0.1) is 12.8 Å². The van der Waals surface area contributed by atoms with Crippen LogP contribution in [0.3, 0.4) is 0 Å². The summed E-state index contributed by atoms with van der Waals surface area (Å²) in [5, 5.41) is 18.4. The van der Waals surface area contributed by atoms with E-state index >= 15 is 0 Å². The fourth-order valence-corrected chi connectivity index (χ4v) is 5.22. The van der Waals surface area contributed by atoms with Gasteiger partial charge in [-0.1, -0.05) is 37.1 Å². The lowest BCUT2D eigenvalue weighted by molar-refractivity contribution is -0.146. The molecule has 0 radical (unpaired) electrons. The van der Waals surface area contributed by atoms with Gasteiger partial charge < -0.3 is 25.4 Å². The maximum atomic E-state index is 13.8. The van der Waals surface area contributed by atoms with Crippen LogP contribution in [0.25, 0.3) is 0 Å². The third-order valence-corrected chi connectivity index (χ3v) is 8.06. The van der Waals surface area contributed by atoms with Crippen molar-refractivity contribution in [1.29, 1.82) is 0 Å². The minimum atomic E-state index is -1.07. The highest BCUT2D eigenvalue weighted by atomic mass is 35.5. The molecule has 4 rings (SSSR count). The average Bonchev–Trinajstić information content (AvgIpc) is 3.74. The quantitative estimate of drug-likeness (QED) is 0.250. The summed E-state index contributed by atoms with van der Waals surface area (Å²) in [5.74, 6) is 0.911. The fourth-order valence-electron chi connectivity index (χ4n) is 5.22. The van der Waals surface area contributed by atoms with Gasteiger partial charge in [-0.3, -0.25) is 4.79 Å². The first-order valence-corrected chi connectivity index (χ1v) is 14.4. The summed E-state index contributed by atoms with van der Waals surface area (Å²) in [4.78, 5) is 41.7. The van der Waals surface area contributed by atoms with E-state index in [9.17, 15) is 19.5 Å². The molecule has 1 aliphatic heterocycles. The molecule has 0 aromatic heterocycles. The van der Waals surface area contributed by atoms with E-state index in [1.165, 1.54) is 25.0 Å². The molecule has 0 bridgehead atoms. The number of halogens is 1. The molecule has 10 nitrogen and oxygen atoms in total. The number of methoxy groups -OCH3 is 1. The van der Waals surface area contributed by atoms with Crippen LogP contribution < -0.4 is 15.4 Å². The summed E-state index contributed by atoms with van der Waals surface area (Å²) in [6.07, 6.45) is 4.94. The van der Waals surface area contributed by atoms with Crippen molar-refractivity contribution in [1.82, 2.24) is 14.9 Å². The molecule has 1 atom stereocenters. The summed E-state index contributed by atoms with van der Waals surface area (Å²) in [7, 11) is 1.52. The second-order valence-electron chi connectivity index (χ2n) is 11.6. The predicted octanol–water partition coefficient (Wildman–Crippen LogP) is 5.79. The lowest BCUT2D eigenvalue weighted by Crippen LogP contribution is -2.52. The number of aliphatic hydroxyl groups is 1. The van der Waals surface area contributed by atoms with Crippen LogP contribution in [-0.2, 0) is 11.3 Å². The van der Waals surface area contributed by atoms with E-state index in [1.807, 2.05) is 49.2 Å². The molecule has 5 amide bonds. The Kier molecular flexibility index (Phi) is 11.2. The summed E-state index contributed by atoms with van der Waals surface area (Å²) < 4.78 is 5.56. The van der Waals surface area contributed by atoms with Gasteiger partial charge >= 0.3 is 12.1 Å². The van der Waals surface area contributed by atoms with Gasteiger partial charge in [-0.25, -0.2) is 14.6 Å². The van der Waals surface area contributed by atoms with E-state index < -0.39 is 11.6 Å². The van der Waals surface area contributed by atoms with Gasteiger partial charge in [-0.15, -0.1) is 12.4 Å². The Hall–Kier alpha value is -3.34. The summed E-state index contributed by atoms with van der Waals surface area (Å²) in [5.41, 5.74) is 1.82. The molecule has 42 heavy (non-hydrogen) atoms. The highest BCUT2D eigenvalue weighted by Gasteiger charge is 2.53. The topological polar surface area (TPSA) is 114 Å². The smallest absolute Gasteiger partial charge is 0.342 e. The molecular weight excluding hydrogens is 558 g/mol. The van der Waals surface area contributed by atoms with Gasteiger partial charge in [0.2, 0.25) is 0 Å². The number of amides is 5. The third kappa shape index (κ3) is 7.53. The average molecular weight is 602 g/mol. The zero-order valence-electron chi connectivity index (χ0n) is 25.2. The van der Waals surface area contributed by atoms with Crippen molar-refractivity contribution in [3.8, 4) is 5.75 Å². The maximum Gasteiger partial charge on any atom is 0.342 e. The number of hydrogen-bond donors (Lipinski definition) is 3. The van der Waals surface area contributed by atoms with Gasteiger partial charge in [0.15, 0.2) is 0 Å². The standard InChI is InChI=1S/C31H43N5O5.ClH/c1-21-9-6-7-11-25(21)32-29(39)33-26-15-14-24(19-27(26)41-5)20-34-30(40)36(28(38)31(34,3)4)35(22(2)16-18-37)17-8-10-23-12-13-23;/h6-7,9,11,14-15,19,22-23,37H,8,10,12-13,16-18,20H2,1-5H3,(H2,32,33,39);1H/t22-;/m1./s1. The Labute approximate surface area is 254 Å². The number of carbonyl (C=O) groups is 3. The first-order chi connectivity index (χ1) is 19.6. The van der Waals surface area contributed by atoms with Crippen molar-refractivity contribution in [3.05, 3.63) is 53.6 Å². The SMILES string of the molecule is COc1cc(CN2C(=O)N(N(CCCC3CC3)[C@H](C)CCO)C(=O)C2(C)C)ccc1NC(=O)Nc1ccccc1C.Cl. The van der Waals surface area contributed by atoms with Crippen molar-refractivity contribution in [2.24, 2.45) is 5.92 Å². The molecule has 0 unspecified atom stereocenters. The fraction of sp³-hybridized carbons (Fsp3) is 0.516. The molecule has 11 heteroatoms. The van der Waals surface area contributed by atoms with E-state index in [0.717, 1.165) is 29.9 Å². The monoisotopic (exact) mass is 601 g/mol. The number of hydrazine groups is 1. The van der Waals surface area contributed by atoms with E-state index in [2.05, 4.69) is 10.6 Å². The number of nitrogens with zero attached hydrogens (tertiary/aromatic N) is 3. The number of nitrogens with one attached hydrogen (secondary N) is 2. The lowest BCUT2D eigenvalue weighted by atomic mass is 10.0. The van der Waals surface area contributed by atoms with Crippen LogP contribution in [0.4, 0.5) is 21.0 Å². The number of para-hydroxylation sites is 1. The molecule has 1 saturated carbocycles. The minimum absolute atomic E-state index is 0. The van der Waals surface area contributed by atoms with E-state index in [4.69, 9.17) is 4.74 Å². The van der Waals surface area contributed by atoms with Crippen LogP contribution in [0.5, 0.6) is 5.75 Å². The third-order valence-electron chi connectivity index (χ3n) is 8.06. The summed E-state index contributed by atoms with van der Waals surface area (Å²) in [6, 6.07) is 11.9. The zero-order valence-corrected chi connectivity index (χ0v) is 26.0. The van der Waals surface area contributed by atoms with Crippen molar-refractivity contribution < 1.29 is 24.2 Å². The number of ether oxygens (including phenoxy) is 1. The van der Waals surface area contributed by atoms with Crippen LogP contribution in [-0.4, -0.2) is 69.8 Å². The molecule has 1 heterocycles. The van der Waals surface area contributed by atoms with Crippen LogP contribution in [0, 0.1) is 12.8 Å². The molecule has 3 N–H and O–H groups in total. The van der Waals surface area contributed by atoms with Crippen LogP contribution >= 0.6 is 12.4 Å². The summed E-state index contributed by atoms with van der Waals surface area (Å²) >= 11 is 0. The molecule has 2 fully saturated rings. The number of benzene rings is 2. The molecule has 230 valence electrons. The number of imide groups is 1. The highest BCUT2D eigenvalue weighted by Crippen LogP contribution is 2.36. The van der Waals surface area contributed by atoms with Crippen molar-refractivity contribution in [2.75, 3.05) is 30.9 Å². The van der Waals surface area contributed by atoms with Gasteiger partial charge in [0, 0.05) is 31.4 Å². The number of anilines is 2. The van der Waals surface area contributed by atoms with Gasteiger partial charge in [-0.05, 0) is 82.2 Å². The Morgan fingerprint density at radius 2 is 1.83 bits per heavy atom. The number of rotatable bonds is 13. The second kappa shape index (κ2) is 14.2. The van der Waals surface area contributed by atoms with Crippen LogP contribution in [0.1, 0.15) is 64.0 Å². The zero-order chi connectivity index (χ0) is 29.7. The number of aryl methyl sites for hydroxylation is 1. The molecule has 2 aromatic rings. The molecule has 0 spiro atoms.